The Hall–Kier alpha value is -2.24. The molecule has 1 N–H and O–H groups in total. The molecule has 0 fully saturated rings. The van der Waals surface area contributed by atoms with Gasteiger partial charge in [-0.25, -0.2) is 0 Å². The number of hydrogen-bond donors (Lipinski definition) is 1. The lowest BCUT2D eigenvalue weighted by atomic mass is 10.1. The van der Waals surface area contributed by atoms with Crippen LogP contribution in [0.15, 0.2) is 36.4 Å². The fourth-order valence-corrected chi connectivity index (χ4v) is 2.44. The van der Waals surface area contributed by atoms with E-state index in [1.54, 1.807) is 25.1 Å². The van der Waals surface area contributed by atoms with Gasteiger partial charge in [0.25, 0.3) is 5.91 Å². The second-order valence-electron chi connectivity index (χ2n) is 5.16. The first-order chi connectivity index (χ1) is 11.3. The van der Waals surface area contributed by atoms with Gasteiger partial charge in [0, 0.05) is 16.3 Å². The van der Waals surface area contributed by atoms with E-state index in [9.17, 15) is 14.7 Å². The van der Waals surface area contributed by atoms with Gasteiger partial charge in [0.15, 0.2) is 6.10 Å². The first kappa shape index (κ1) is 18.1. The Balaban J connectivity index is 2.13. The maximum absolute atomic E-state index is 12.2. The summed E-state index contributed by atoms with van der Waals surface area (Å²) in [6, 6.07) is 9.24. The highest BCUT2D eigenvalue weighted by Crippen LogP contribution is 2.28. The van der Waals surface area contributed by atoms with E-state index in [-0.39, 0.29) is 16.3 Å². The number of ether oxygens (including phenoxy) is 1. The second kappa shape index (κ2) is 7.55. The van der Waals surface area contributed by atoms with Gasteiger partial charge in [-0.1, -0.05) is 34.8 Å². The Kier molecular flexibility index (Phi) is 5.70. The summed E-state index contributed by atoms with van der Waals surface area (Å²) >= 11 is 11.8. The number of amides is 1. The van der Waals surface area contributed by atoms with Crippen molar-refractivity contribution in [3.63, 3.8) is 0 Å². The number of anilines is 1. The zero-order chi connectivity index (χ0) is 17.9. The lowest BCUT2D eigenvalue weighted by Gasteiger charge is -2.18. The molecule has 7 heteroatoms. The lowest BCUT2D eigenvalue weighted by molar-refractivity contribution is -0.254. The van der Waals surface area contributed by atoms with Gasteiger partial charge in [0.05, 0.1) is 11.0 Å². The predicted molar refractivity (Wildman–Crippen MR) is 90.7 cm³/mol. The summed E-state index contributed by atoms with van der Waals surface area (Å²) in [6.45, 7) is 3.26. The number of rotatable bonds is 5. The molecule has 2 aromatic rings. The molecule has 126 valence electrons. The molecule has 0 radical (unpaired) electrons. The van der Waals surface area contributed by atoms with E-state index in [1.165, 1.54) is 25.1 Å². The van der Waals surface area contributed by atoms with Crippen molar-refractivity contribution in [1.82, 2.24) is 0 Å². The van der Waals surface area contributed by atoms with Crippen LogP contribution in [0.3, 0.4) is 0 Å². The molecule has 0 aliphatic heterocycles. The second-order valence-corrected chi connectivity index (χ2v) is 6.00. The monoisotopic (exact) mass is 366 g/mol. The molecule has 0 saturated carbocycles. The Bertz CT molecular complexity index is 792. The van der Waals surface area contributed by atoms with E-state index in [0.29, 0.717) is 10.8 Å². The zero-order valence-corrected chi connectivity index (χ0v) is 14.4. The minimum absolute atomic E-state index is 0.0972. The number of halogens is 2. The van der Waals surface area contributed by atoms with E-state index in [4.69, 9.17) is 27.9 Å². The topological polar surface area (TPSA) is 78.5 Å². The number of benzene rings is 2. The van der Waals surface area contributed by atoms with Crippen LogP contribution in [-0.4, -0.2) is 18.0 Å². The van der Waals surface area contributed by atoms with Crippen LogP contribution in [-0.2, 0) is 4.79 Å². The molecule has 2 aromatic carbocycles. The number of carboxylic acids is 1. The van der Waals surface area contributed by atoms with Crippen molar-refractivity contribution in [2.75, 3.05) is 5.32 Å². The fraction of sp³-hybridized carbons (Fsp3) is 0.176. The average molecular weight is 367 g/mol. The van der Waals surface area contributed by atoms with E-state index >= 15 is 0 Å². The third-order valence-electron chi connectivity index (χ3n) is 3.22. The molecule has 0 spiro atoms. The lowest BCUT2D eigenvalue weighted by Crippen LogP contribution is -2.32. The number of nitrogens with one attached hydrogen (secondary N) is 1. The minimum Gasteiger partial charge on any atom is -0.545 e. The standard InChI is InChI=1S/C17H15Cl2NO4/c1-9-3-5-14(12(7-9)17(22)23)20-16(21)10(2)24-15-6-4-11(18)8-13(15)19/h3-8,10H,1-2H3,(H,20,21)(H,22,23)/p-1/t10-/m0/s1. The largest absolute Gasteiger partial charge is 0.545 e. The van der Waals surface area contributed by atoms with Crippen molar-refractivity contribution in [3.8, 4) is 5.75 Å². The quantitative estimate of drug-likeness (QED) is 0.881. The smallest absolute Gasteiger partial charge is 0.265 e. The van der Waals surface area contributed by atoms with Crippen molar-refractivity contribution < 1.29 is 19.4 Å². The van der Waals surface area contributed by atoms with Crippen molar-refractivity contribution >= 4 is 40.8 Å². The number of carbonyl (C=O) groups excluding carboxylic acids is 2. The Morgan fingerprint density at radius 2 is 1.88 bits per heavy atom. The number of aryl methyl sites for hydroxylation is 1. The third kappa shape index (κ3) is 4.40. The van der Waals surface area contributed by atoms with Gasteiger partial charge < -0.3 is 20.0 Å². The maximum Gasteiger partial charge on any atom is 0.265 e. The van der Waals surface area contributed by atoms with Gasteiger partial charge in [0.2, 0.25) is 0 Å². The summed E-state index contributed by atoms with van der Waals surface area (Å²) in [5.41, 5.74) is 0.785. The van der Waals surface area contributed by atoms with Crippen LogP contribution in [0.4, 0.5) is 5.69 Å². The Morgan fingerprint density at radius 1 is 1.17 bits per heavy atom. The van der Waals surface area contributed by atoms with Crippen molar-refractivity contribution in [2.45, 2.75) is 20.0 Å². The van der Waals surface area contributed by atoms with Crippen molar-refractivity contribution in [3.05, 3.63) is 57.6 Å². The molecule has 2 rings (SSSR count). The summed E-state index contributed by atoms with van der Waals surface area (Å²) in [6.07, 6.45) is -0.903. The van der Waals surface area contributed by atoms with Crippen LogP contribution < -0.4 is 15.2 Å². The van der Waals surface area contributed by atoms with Gasteiger partial charge in [-0.2, -0.15) is 0 Å². The van der Waals surface area contributed by atoms with Gasteiger partial charge in [-0.15, -0.1) is 0 Å². The number of carbonyl (C=O) groups is 2. The zero-order valence-electron chi connectivity index (χ0n) is 12.9. The molecule has 1 amide bonds. The fourth-order valence-electron chi connectivity index (χ4n) is 1.99. The summed E-state index contributed by atoms with van der Waals surface area (Å²) in [5, 5.41) is 14.4. The summed E-state index contributed by atoms with van der Waals surface area (Å²) in [7, 11) is 0. The van der Waals surface area contributed by atoms with E-state index in [1.807, 2.05) is 0 Å². The molecule has 5 nitrogen and oxygen atoms in total. The molecule has 0 unspecified atom stereocenters. The van der Waals surface area contributed by atoms with Gasteiger partial charge in [-0.05, 0) is 44.2 Å². The molecule has 0 aromatic heterocycles. The molecule has 0 bridgehead atoms. The third-order valence-corrected chi connectivity index (χ3v) is 3.75. The number of aromatic carboxylic acids is 1. The summed E-state index contributed by atoms with van der Waals surface area (Å²) in [4.78, 5) is 23.4. The number of carboxylic acid groups (broad SMARTS) is 1. The highest BCUT2D eigenvalue weighted by atomic mass is 35.5. The van der Waals surface area contributed by atoms with E-state index in [0.717, 1.165) is 5.56 Å². The molecule has 0 aliphatic rings. The Labute approximate surface area is 149 Å². The molecular formula is C17H14Cl2NO4-. The van der Waals surface area contributed by atoms with Crippen LogP contribution in [0.2, 0.25) is 10.0 Å². The minimum atomic E-state index is -1.37. The maximum atomic E-state index is 12.2. The van der Waals surface area contributed by atoms with Crippen LogP contribution in [0.5, 0.6) is 5.75 Å². The highest BCUT2D eigenvalue weighted by Gasteiger charge is 2.18. The van der Waals surface area contributed by atoms with Crippen molar-refractivity contribution in [1.29, 1.82) is 0 Å². The molecule has 0 aliphatic carbocycles. The molecule has 0 heterocycles. The van der Waals surface area contributed by atoms with Crippen LogP contribution >= 0.6 is 23.2 Å². The molecule has 24 heavy (non-hydrogen) atoms. The molecule has 0 saturated heterocycles. The predicted octanol–water partition coefficient (Wildman–Crippen LogP) is 3.07. The summed E-state index contributed by atoms with van der Waals surface area (Å²) in [5.74, 6) is -1.59. The highest BCUT2D eigenvalue weighted by molar-refractivity contribution is 6.35. The Morgan fingerprint density at radius 3 is 2.50 bits per heavy atom. The van der Waals surface area contributed by atoms with Crippen LogP contribution in [0.25, 0.3) is 0 Å². The molecular weight excluding hydrogens is 353 g/mol. The first-order valence-electron chi connectivity index (χ1n) is 7.02. The molecule has 1 atom stereocenters. The van der Waals surface area contributed by atoms with Gasteiger partial charge in [-0.3, -0.25) is 4.79 Å². The van der Waals surface area contributed by atoms with Gasteiger partial charge >= 0.3 is 0 Å². The van der Waals surface area contributed by atoms with Crippen LogP contribution in [0, 0.1) is 6.92 Å². The van der Waals surface area contributed by atoms with Crippen LogP contribution in [0.1, 0.15) is 22.8 Å². The van der Waals surface area contributed by atoms with E-state index in [2.05, 4.69) is 5.32 Å². The number of hydrogen-bond acceptors (Lipinski definition) is 4. The average Bonchev–Trinajstić information content (AvgIpc) is 2.51. The summed E-state index contributed by atoms with van der Waals surface area (Å²) < 4.78 is 5.49. The normalized spacial score (nSPS) is 11.7. The van der Waals surface area contributed by atoms with Crippen molar-refractivity contribution in [2.24, 2.45) is 0 Å². The first-order valence-corrected chi connectivity index (χ1v) is 7.78. The van der Waals surface area contributed by atoms with Gasteiger partial charge in [0.1, 0.15) is 5.75 Å². The van der Waals surface area contributed by atoms with E-state index < -0.39 is 18.0 Å². The SMILES string of the molecule is Cc1ccc(NC(=O)[C@H](C)Oc2ccc(Cl)cc2Cl)c(C(=O)[O-])c1.